The fraction of sp³-hybridized carbons (Fsp3) is 0.571. The molecule has 4 bridgehead atoms. The zero-order chi connectivity index (χ0) is 63.2. The lowest BCUT2D eigenvalue weighted by molar-refractivity contribution is 0.0345. The summed E-state index contributed by atoms with van der Waals surface area (Å²) in [6.45, 7) is 9.64. The van der Waals surface area contributed by atoms with Gasteiger partial charge in [0.15, 0.2) is 0 Å². The molecule has 20 heteroatoms. The van der Waals surface area contributed by atoms with Gasteiger partial charge in [-0.05, 0) is 209 Å². The molecule has 12 rings (SSSR count). The van der Waals surface area contributed by atoms with Gasteiger partial charge in [-0.25, -0.2) is 26.3 Å². The van der Waals surface area contributed by atoms with Gasteiger partial charge in [-0.3, -0.25) is 9.59 Å². The highest BCUT2D eigenvalue weighted by atomic mass is 35.5. The van der Waals surface area contributed by atoms with Gasteiger partial charge in [0.05, 0.1) is 73.7 Å². The third kappa shape index (κ3) is 14.9. The molecule has 10 atom stereocenters. The number of carbonyl (C=O) groups is 2. The number of methoxy groups -OCH3 is 2. The van der Waals surface area contributed by atoms with Crippen molar-refractivity contribution < 1.29 is 54.8 Å². The fourth-order valence-corrected chi connectivity index (χ4v) is 18.4. The highest BCUT2D eigenvalue weighted by molar-refractivity contribution is 7.91. The largest absolute Gasteiger partial charge is 0.490 e. The number of ether oxygens (including phenoxy) is 6. The molecule has 90 heavy (non-hydrogen) atoms. The summed E-state index contributed by atoms with van der Waals surface area (Å²) in [6, 6.07) is 23.1. The molecular formula is C70H90Cl2N4O12S2. The van der Waals surface area contributed by atoms with Gasteiger partial charge < -0.3 is 38.2 Å². The molecule has 4 heterocycles. The van der Waals surface area contributed by atoms with E-state index in [1.54, 1.807) is 26.4 Å². The minimum absolute atomic E-state index is 0.228. The van der Waals surface area contributed by atoms with E-state index < -0.39 is 42.4 Å². The molecule has 2 spiro atoms. The normalized spacial score (nSPS) is 30.2. The molecule has 0 unspecified atom stereocenters. The van der Waals surface area contributed by atoms with Crippen molar-refractivity contribution in [3.8, 4) is 11.5 Å². The molecule has 2 saturated carbocycles. The van der Waals surface area contributed by atoms with Crippen LogP contribution in [0, 0.1) is 23.7 Å². The van der Waals surface area contributed by atoms with Crippen LogP contribution in [-0.2, 0) is 62.7 Å². The van der Waals surface area contributed by atoms with Crippen LogP contribution in [0.25, 0.3) is 0 Å². The van der Waals surface area contributed by atoms with Crippen LogP contribution in [0.1, 0.15) is 147 Å². The van der Waals surface area contributed by atoms with Crippen LogP contribution >= 0.6 is 23.2 Å². The Bertz CT molecular complexity index is 3290. The van der Waals surface area contributed by atoms with Crippen molar-refractivity contribution in [2.75, 3.05) is 89.8 Å². The lowest BCUT2D eigenvalue weighted by Crippen LogP contribution is -2.48. The number of halogens is 2. The molecule has 0 radical (unpaired) electrons. The average molecular weight is 1310 g/mol. The van der Waals surface area contributed by atoms with Gasteiger partial charge in [0, 0.05) is 72.4 Å². The van der Waals surface area contributed by atoms with Crippen molar-refractivity contribution >= 4 is 66.4 Å². The van der Waals surface area contributed by atoms with Gasteiger partial charge in [-0.15, -0.1) is 0 Å². The molecule has 4 aliphatic carbocycles. The molecule has 2 N–H and O–H groups in total. The van der Waals surface area contributed by atoms with Crippen LogP contribution in [0.2, 0.25) is 10.0 Å². The number of nitrogens with one attached hydrogen (secondary N) is 2. The number of anilines is 2. The number of aryl methyl sites for hydroxylation is 2. The molecule has 488 valence electrons. The molecule has 4 aliphatic heterocycles. The summed E-state index contributed by atoms with van der Waals surface area (Å²) >= 11 is 12.8. The molecule has 4 aromatic carbocycles. The maximum atomic E-state index is 13.5. The highest BCUT2D eigenvalue weighted by Crippen LogP contribution is 2.49. The topological polar surface area (TPSA) is 188 Å². The molecule has 4 aromatic rings. The van der Waals surface area contributed by atoms with Crippen molar-refractivity contribution in [2.24, 2.45) is 23.7 Å². The molecule has 2 amide bonds. The van der Waals surface area contributed by atoms with E-state index in [0.29, 0.717) is 113 Å². The monoisotopic (exact) mass is 1310 g/mol. The maximum absolute atomic E-state index is 13.5. The summed E-state index contributed by atoms with van der Waals surface area (Å²) in [6.07, 6.45) is 21.5. The number of benzene rings is 4. The zero-order valence-corrected chi connectivity index (χ0v) is 55.8. The van der Waals surface area contributed by atoms with Crippen LogP contribution in [0.3, 0.4) is 0 Å². The molecule has 8 aliphatic rings. The Morgan fingerprint density at radius 1 is 0.544 bits per heavy atom. The number of hydrogen-bond donors (Lipinski definition) is 2. The Balaban J connectivity index is 0.000000185. The van der Waals surface area contributed by atoms with E-state index >= 15 is 0 Å². The Hall–Kier alpha value is -5.18. The predicted molar refractivity (Wildman–Crippen MR) is 354 cm³/mol. The summed E-state index contributed by atoms with van der Waals surface area (Å²) in [5, 5.41) is 0.0672. The van der Waals surface area contributed by atoms with Gasteiger partial charge in [-0.1, -0.05) is 73.5 Å². The third-order valence-electron chi connectivity index (χ3n) is 20.7. The quantitative estimate of drug-likeness (QED) is 0.113. The minimum Gasteiger partial charge on any atom is -0.490 e. The number of hydrogen-bond acceptors (Lipinski definition) is 14. The van der Waals surface area contributed by atoms with E-state index in [1.807, 2.05) is 50.2 Å². The lowest BCUT2D eigenvalue weighted by Gasteiger charge is -2.44. The van der Waals surface area contributed by atoms with Crippen LogP contribution in [0.15, 0.2) is 97.1 Å². The van der Waals surface area contributed by atoms with Gasteiger partial charge in [-0.2, -0.15) is 0 Å². The number of fused-ring (bicyclic) bond motifs is 8. The van der Waals surface area contributed by atoms with E-state index in [0.717, 1.165) is 123 Å². The summed E-state index contributed by atoms with van der Waals surface area (Å²) in [5.74, 6) is 1.87. The number of rotatable bonds is 10. The van der Waals surface area contributed by atoms with Gasteiger partial charge >= 0.3 is 0 Å². The molecule has 16 nitrogen and oxygen atoms in total. The Kier molecular flexibility index (Phi) is 21.4. The maximum Gasteiger partial charge on any atom is 0.264 e. The second-order valence-electron chi connectivity index (χ2n) is 26.3. The van der Waals surface area contributed by atoms with Crippen LogP contribution in [0.4, 0.5) is 11.4 Å². The second-order valence-corrected chi connectivity index (χ2v) is 31.1. The van der Waals surface area contributed by atoms with Crippen molar-refractivity contribution in [3.05, 3.63) is 141 Å². The summed E-state index contributed by atoms with van der Waals surface area (Å²) in [4.78, 5) is 31.8. The van der Waals surface area contributed by atoms with Gasteiger partial charge in [0.25, 0.3) is 11.8 Å². The summed E-state index contributed by atoms with van der Waals surface area (Å²) < 4.78 is 94.3. The smallest absolute Gasteiger partial charge is 0.264 e. The standard InChI is InChI=1S/2C35H45ClN2O6S/c2*1-3-30-13-12-29(43-18-17-42-2)11-8-24-6-7-27(24)21-38-22-35(16-4-5-25-19-28(36)10-14-31(25)35)23-44-33-15-9-26(20-32(33)38)34(39)37-45(30,40)41/h2*8-11,14-15,19-20,24,27,29-30H,3-7,12-13,16-18,21-23H2,1-2H3,(H,37,39)/b2*11-8+/t24-,27-,29+,30+,35-;24-,27-,29-,30+,35-/m00/s1. The number of allylic oxidation sites excluding steroid dienone is 2. The first-order valence-electron chi connectivity index (χ1n) is 32.7. The lowest BCUT2D eigenvalue weighted by atomic mass is 9.69. The number of nitrogens with zero attached hydrogens (tertiary/aromatic N) is 2. The van der Waals surface area contributed by atoms with E-state index in [-0.39, 0.29) is 23.0 Å². The zero-order valence-electron chi connectivity index (χ0n) is 52.6. The van der Waals surface area contributed by atoms with E-state index in [1.165, 1.54) is 22.3 Å². The van der Waals surface area contributed by atoms with Crippen LogP contribution in [0.5, 0.6) is 11.5 Å². The Morgan fingerprint density at radius 3 is 1.37 bits per heavy atom. The predicted octanol–water partition coefficient (Wildman–Crippen LogP) is 12.1. The van der Waals surface area contributed by atoms with E-state index in [4.69, 9.17) is 51.6 Å². The van der Waals surface area contributed by atoms with E-state index in [2.05, 4.69) is 67.8 Å². The number of carbonyl (C=O) groups excluding carboxylic acids is 2. The van der Waals surface area contributed by atoms with Crippen LogP contribution in [-0.4, -0.2) is 131 Å². The number of amides is 2. The van der Waals surface area contributed by atoms with Gasteiger partial charge in [0.2, 0.25) is 20.0 Å². The first-order chi connectivity index (χ1) is 43.4. The number of sulfonamides is 2. The Labute approximate surface area is 543 Å². The van der Waals surface area contributed by atoms with Gasteiger partial charge in [0.1, 0.15) is 11.5 Å². The molecule has 0 aromatic heterocycles. The second kappa shape index (κ2) is 29.0. The first-order valence-corrected chi connectivity index (χ1v) is 36.6. The first kappa shape index (κ1) is 66.3. The van der Waals surface area contributed by atoms with E-state index in [9.17, 15) is 26.4 Å². The van der Waals surface area contributed by atoms with Crippen LogP contribution < -0.4 is 28.7 Å². The molecular weight excluding hydrogens is 1220 g/mol. The Morgan fingerprint density at radius 2 is 0.978 bits per heavy atom. The summed E-state index contributed by atoms with van der Waals surface area (Å²) in [5.41, 5.74) is 6.97. The van der Waals surface area contributed by atoms with Crippen molar-refractivity contribution in [2.45, 2.75) is 150 Å². The third-order valence-corrected chi connectivity index (χ3v) is 25.0. The summed E-state index contributed by atoms with van der Waals surface area (Å²) in [7, 11) is -4.56. The van der Waals surface area contributed by atoms with Crippen molar-refractivity contribution in [1.82, 2.24) is 9.44 Å². The highest BCUT2D eigenvalue weighted by Gasteiger charge is 2.46. The average Bonchev–Trinajstić information content (AvgIpc) is 1.48. The molecule has 2 fully saturated rings. The molecule has 0 saturated heterocycles. The van der Waals surface area contributed by atoms with Crippen molar-refractivity contribution in [3.63, 3.8) is 0 Å². The minimum atomic E-state index is -3.92. The van der Waals surface area contributed by atoms with Crippen molar-refractivity contribution in [1.29, 1.82) is 0 Å². The SMILES string of the molecule is CC[C@@H]1CC[C@@H](OCCOC)/C=C/[C@@H]2CC[C@H]2CN2C[C@@]3(CCCc4cc(Cl)ccc43)COc3ccc(cc32)C(=O)NS1(=O)=O.CC[C@@H]1CC[C@H](OCCOC)/C=C/[C@@H]2CC[C@H]2CN2C[C@@]3(CCCc4cc(Cl)ccc43)COc3ccc(cc32)C(=O)NS1(=O)=O. The fourth-order valence-electron chi connectivity index (χ4n) is 15.2.